The van der Waals surface area contributed by atoms with Crippen molar-refractivity contribution < 1.29 is 14.7 Å². The molecule has 1 aromatic carbocycles. The van der Waals surface area contributed by atoms with Crippen LogP contribution in [0.1, 0.15) is 13.3 Å². The van der Waals surface area contributed by atoms with E-state index in [1.54, 1.807) is 35.3 Å². The van der Waals surface area contributed by atoms with Crippen molar-refractivity contribution in [3.63, 3.8) is 0 Å². The Kier molecular flexibility index (Phi) is 5.21. The number of hydrogen-bond acceptors (Lipinski definition) is 5. The Hall–Kier alpha value is -2.74. The first-order valence-corrected chi connectivity index (χ1v) is 6.81. The summed E-state index contributed by atoms with van der Waals surface area (Å²) in [5, 5.41) is 17.9. The van der Waals surface area contributed by atoms with Crippen LogP contribution in [0, 0.1) is 0 Å². The average Bonchev–Trinajstić information content (AvgIpc) is 3.07. The minimum absolute atomic E-state index is 0.206. The Morgan fingerprint density at radius 3 is 2.55 bits per heavy atom. The molecule has 0 saturated carbocycles. The lowest BCUT2D eigenvalue weighted by atomic mass is 10.2. The van der Waals surface area contributed by atoms with Gasteiger partial charge in [0.05, 0.1) is 18.3 Å². The molecule has 2 amide bonds. The van der Waals surface area contributed by atoms with E-state index < -0.39 is 17.9 Å². The molecule has 0 radical (unpaired) electrons. The van der Waals surface area contributed by atoms with E-state index >= 15 is 0 Å². The van der Waals surface area contributed by atoms with Gasteiger partial charge < -0.3 is 15.7 Å². The molecule has 1 heterocycles. The van der Waals surface area contributed by atoms with E-state index in [0.717, 1.165) is 5.69 Å². The maximum atomic E-state index is 11.8. The third-order valence-corrected chi connectivity index (χ3v) is 3.06. The molecule has 0 bridgehead atoms. The molecule has 2 aromatic rings. The van der Waals surface area contributed by atoms with E-state index in [4.69, 9.17) is 5.11 Å². The van der Waals surface area contributed by atoms with Gasteiger partial charge in [0.2, 0.25) is 0 Å². The molecule has 8 nitrogen and oxygen atoms in total. The molecule has 0 fully saturated rings. The first-order valence-electron chi connectivity index (χ1n) is 6.81. The average molecular weight is 303 g/mol. The van der Waals surface area contributed by atoms with E-state index in [0.29, 0.717) is 12.1 Å². The van der Waals surface area contributed by atoms with Crippen LogP contribution in [0.4, 0.5) is 5.69 Å². The number of aromatic nitrogens is 3. The largest absolute Gasteiger partial charge is 0.394 e. The maximum absolute atomic E-state index is 11.8. The second-order valence-electron chi connectivity index (χ2n) is 4.60. The molecule has 2 rings (SSSR count). The lowest BCUT2D eigenvalue weighted by Crippen LogP contribution is -2.43. The van der Waals surface area contributed by atoms with Crippen molar-refractivity contribution in [2.45, 2.75) is 19.4 Å². The third-order valence-electron chi connectivity index (χ3n) is 3.06. The molecule has 1 atom stereocenters. The van der Waals surface area contributed by atoms with Crippen molar-refractivity contribution in [2.75, 3.05) is 11.9 Å². The first kappa shape index (κ1) is 15.6. The topological polar surface area (TPSA) is 109 Å². The lowest BCUT2D eigenvalue weighted by molar-refractivity contribution is -0.136. The number of amides is 2. The zero-order valence-electron chi connectivity index (χ0n) is 12.1. The number of carbonyl (C=O) groups is 2. The van der Waals surface area contributed by atoms with Crippen LogP contribution >= 0.6 is 0 Å². The molecule has 22 heavy (non-hydrogen) atoms. The minimum Gasteiger partial charge on any atom is -0.394 e. The number of nitrogens with zero attached hydrogens (tertiary/aromatic N) is 3. The van der Waals surface area contributed by atoms with Gasteiger partial charge in [-0.05, 0) is 30.7 Å². The van der Waals surface area contributed by atoms with Gasteiger partial charge in [0.1, 0.15) is 12.7 Å². The van der Waals surface area contributed by atoms with E-state index in [2.05, 4.69) is 20.7 Å². The number of aliphatic hydroxyl groups is 1. The molecule has 1 aromatic heterocycles. The Morgan fingerprint density at radius 1 is 1.27 bits per heavy atom. The first-order chi connectivity index (χ1) is 10.6. The second kappa shape index (κ2) is 7.32. The van der Waals surface area contributed by atoms with Crippen LogP contribution in [0.3, 0.4) is 0 Å². The molecule has 3 N–H and O–H groups in total. The minimum atomic E-state index is -0.777. The quantitative estimate of drug-likeness (QED) is 0.678. The SMILES string of the molecule is CCC(CO)NC(=O)C(=O)Nc1ccc(-n2cncn2)cc1. The van der Waals surface area contributed by atoms with Gasteiger partial charge in [0.25, 0.3) is 0 Å². The van der Waals surface area contributed by atoms with Gasteiger partial charge >= 0.3 is 11.8 Å². The number of rotatable bonds is 5. The van der Waals surface area contributed by atoms with Gasteiger partial charge in [0, 0.05) is 5.69 Å². The summed E-state index contributed by atoms with van der Waals surface area (Å²) in [5.74, 6) is -1.55. The summed E-state index contributed by atoms with van der Waals surface area (Å²) in [5.41, 5.74) is 1.27. The summed E-state index contributed by atoms with van der Waals surface area (Å²) in [7, 11) is 0. The van der Waals surface area contributed by atoms with Gasteiger partial charge in [0.15, 0.2) is 0 Å². The molecule has 0 aliphatic carbocycles. The molecule has 1 unspecified atom stereocenters. The predicted molar refractivity (Wildman–Crippen MR) is 79.3 cm³/mol. The van der Waals surface area contributed by atoms with Gasteiger partial charge in [-0.25, -0.2) is 9.67 Å². The Labute approximate surface area is 127 Å². The van der Waals surface area contributed by atoms with Crippen LogP contribution in [0.5, 0.6) is 0 Å². The van der Waals surface area contributed by atoms with Gasteiger partial charge in [-0.1, -0.05) is 6.92 Å². The number of hydrogen-bond donors (Lipinski definition) is 3. The van der Waals surface area contributed by atoms with Crippen molar-refractivity contribution in [1.82, 2.24) is 20.1 Å². The maximum Gasteiger partial charge on any atom is 0.313 e. The van der Waals surface area contributed by atoms with Crippen molar-refractivity contribution >= 4 is 17.5 Å². The highest BCUT2D eigenvalue weighted by atomic mass is 16.3. The summed E-state index contributed by atoms with van der Waals surface area (Å²) in [6.45, 7) is 1.60. The normalized spacial score (nSPS) is 11.7. The zero-order valence-corrected chi connectivity index (χ0v) is 12.1. The fourth-order valence-electron chi connectivity index (χ4n) is 1.75. The zero-order chi connectivity index (χ0) is 15.9. The monoisotopic (exact) mass is 303 g/mol. The molecule has 0 saturated heterocycles. The molecular formula is C14H17N5O3. The van der Waals surface area contributed by atoms with Crippen molar-refractivity contribution in [1.29, 1.82) is 0 Å². The summed E-state index contributed by atoms with van der Waals surface area (Å²) >= 11 is 0. The highest BCUT2D eigenvalue weighted by molar-refractivity contribution is 6.39. The Morgan fingerprint density at radius 2 is 2.00 bits per heavy atom. The number of anilines is 1. The van der Waals surface area contributed by atoms with Crippen LogP contribution in [0.15, 0.2) is 36.9 Å². The molecule has 116 valence electrons. The standard InChI is InChI=1S/C14H17N5O3/c1-2-10(7-20)17-13(21)14(22)18-11-3-5-12(6-4-11)19-9-15-8-16-19/h3-6,8-10,20H,2,7H2,1H3,(H,17,21)(H,18,22). The Bertz CT molecular complexity index is 620. The van der Waals surface area contributed by atoms with Crippen LogP contribution < -0.4 is 10.6 Å². The fraction of sp³-hybridized carbons (Fsp3) is 0.286. The van der Waals surface area contributed by atoms with Crippen molar-refractivity contribution in [2.24, 2.45) is 0 Å². The van der Waals surface area contributed by atoms with E-state index in [1.165, 1.54) is 6.33 Å². The van der Waals surface area contributed by atoms with Gasteiger partial charge in [-0.2, -0.15) is 5.10 Å². The third kappa shape index (κ3) is 3.89. The number of nitrogens with one attached hydrogen (secondary N) is 2. The molecular weight excluding hydrogens is 286 g/mol. The Balaban J connectivity index is 1.95. The van der Waals surface area contributed by atoms with Crippen molar-refractivity contribution in [3.05, 3.63) is 36.9 Å². The van der Waals surface area contributed by atoms with Crippen LogP contribution in [0.2, 0.25) is 0 Å². The molecule has 0 aliphatic rings. The van der Waals surface area contributed by atoms with E-state index in [1.807, 2.05) is 6.92 Å². The summed E-state index contributed by atoms with van der Waals surface area (Å²) < 4.78 is 1.57. The summed E-state index contributed by atoms with van der Waals surface area (Å²) in [4.78, 5) is 27.3. The fourth-order valence-corrected chi connectivity index (χ4v) is 1.75. The van der Waals surface area contributed by atoms with Crippen LogP contribution in [0.25, 0.3) is 5.69 Å². The van der Waals surface area contributed by atoms with Gasteiger partial charge in [-0.3, -0.25) is 9.59 Å². The van der Waals surface area contributed by atoms with Crippen molar-refractivity contribution in [3.8, 4) is 5.69 Å². The lowest BCUT2D eigenvalue weighted by Gasteiger charge is -2.13. The molecule has 8 heteroatoms. The molecule has 0 aliphatic heterocycles. The number of aliphatic hydroxyl groups excluding tert-OH is 1. The van der Waals surface area contributed by atoms with E-state index in [-0.39, 0.29) is 6.61 Å². The van der Waals surface area contributed by atoms with Crippen LogP contribution in [-0.2, 0) is 9.59 Å². The highest BCUT2D eigenvalue weighted by Crippen LogP contribution is 2.12. The number of benzene rings is 1. The predicted octanol–water partition coefficient (Wildman–Crippen LogP) is 0.0929. The molecule has 0 spiro atoms. The van der Waals surface area contributed by atoms with Crippen LogP contribution in [-0.4, -0.2) is 44.3 Å². The number of carbonyl (C=O) groups excluding carboxylic acids is 2. The van der Waals surface area contributed by atoms with E-state index in [9.17, 15) is 9.59 Å². The highest BCUT2D eigenvalue weighted by Gasteiger charge is 2.17. The summed E-state index contributed by atoms with van der Waals surface area (Å²) in [6.07, 6.45) is 3.52. The smallest absolute Gasteiger partial charge is 0.313 e. The van der Waals surface area contributed by atoms with Gasteiger partial charge in [-0.15, -0.1) is 0 Å². The summed E-state index contributed by atoms with van der Waals surface area (Å²) in [6, 6.07) is 6.38. The second-order valence-corrected chi connectivity index (χ2v) is 4.60.